The molecular formula is C25H34N4O3S. The van der Waals surface area contributed by atoms with Crippen molar-refractivity contribution < 1.29 is 13.2 Å². The number of nitrogens with zero attached hydrogens (tertiary/aromatic N) is 2. The predicted molar refractivity (Wildman–Crippen MR) is 134 cm³/mol. The van der Waals surface area contributed by atoms with Crippen LogP contribution in [0.1, 0.15) is 23.5 Å². The Bertz CT molecular complexity index is 1030. The summed E-state index contributed by atoms with van der Waals surface area (Å²) < 4.78 is 33.2. The standard InChI is InChI=1S/C25H34N4O3S/c1-26-18-25(19-27-2)33(30,31)28-12-15-32-24-11-6-10-22(17-24)23(20-29-13-7-14-29)16-21-8-4-3-5-9-21/h3-6,8-11,17-19,23,26,28H,7,12-16,20H2,1-2H3/b25-18+,27-19?. The monoisotopic (exact) mass is 470 g/mol. The number of hydrogen-bond donors (Lipinski definition) is 2. The normalized spacial score (nSPS) is 15.9. The molecule has 1 heterocycles. The number of hydrogen-bond acceptors (Lipinski definition) is 6. The highest BCUT2D eigenvalue weighted by Crippen LogP contribution is 2.27. The van der Waals surface area contributed by atoms with Crippen LogP contribution in [0, 0.1) is 0 Å². The first-order valence-electron chi connectivity index (χ1n) is 11.3. The summed E-state index contributed by atoms with van der Waals surface area (Å²) >= 11 is 0. The fourth-order valence-corrected chi connectivity index (χ4v) is 4.84. The number of sulfonamides is 1. The zero-order valence-corrected chi connectivity index (χ0v) is 20.2. The van der Waals surface area contributed by atoms with Gasteiger partial charge in [-0.2, -0.15) is 0 Å². The Morgan fingerprint density at radius 2 is 1.97 bits per heavy atom. The van der Waals surface area contributed by atoms with E-state index in [4.69, 9.17) is 4.74 Å². The van der Waals surface area contributed by atoms with Crippen LogP contribution in [0.15, 0.2) is 70.7 Å². The maximum Gasteiger partial charge on any atom is 0.243 e. The quantitative estimate of drug-likeness (QED) is 0.347. The third kappa shape index (κ3) is 7.70. The first-order chi connectivity index (χ1) is 16.0. The first kappa shape index (κ1) is 25.0. The summed E-state index contributed by atoms with van der Waals surface area (Å²) in [4.78, 5) is 6.36. The summed E-state index contributed by atoms with van der Waals surface area (Å²) in [6.45, 7) is 3.74. The molecule has 0 aliphatic carbocycles. The summed E-state index contributed by atoms with van der Waals surface area (Å²) in [6.07, 6.45) is 4.94. The van der Waals surface area contributed by atoms with Crippen molar-refractivity contribution in [2.75, 3.05) is 46.9 Å². The van der Waals surface area contributed by atoms with Gasteiger partial charge in [0, 0.05) is 45.5 Å². The fourth-order valence-electron chi connectivity index (χ4n) is 3.80. The second-order valence-corrected chi connectivity index (χ2v) is 9.85. The molecule has 8 heteroatoms. The highest BCUT2D eigenvalue weighted by Gasteiger charge is 2.21. The van der Waals surface area contributed by atoms with E-state index in [2.05, 4.69) is 56.3 Å². The van der Waals surface area contributed by atoms with Crippen LogP contribution in [0.2, 0.25) is 0 Å². The Kier molecular flexibility index (Phi) is 9.47. The third-order valence-electron chi connectivity index (χ3n) is 5.60. The average molecular weight is 471 g/mol. The van der Waals surface area contributed by atoms with Crippen LogP contribution >= 0.6 is 0 Å². The van der Waals surface area contributed by atoms with E-state index >= 15 is 0 Å². The van der Waals surface area contributed by atoms with Gasteiger partial charge >= 0.3 is 0 Å². The van der Waals surface area contributed by atoms with Crippen molar-refractivity contribution in [3.05, 3.63) is 76.8 Å². The van der Waals surface area contributed by atoms with E-state index < -0.39 is 10.0 Å². The molecule has 2 N–H and O–H groups in total. The van der Waals surface area contributed by atoms with Gasteiger partial charge in [-0.3, -0.25) is 4.99 Å². The van der Waals surface area contributed by atoms with E-state index in [1.54, 1.807) is 7.05 Å². The molecule has 0 aromatic heterocycles. The summed E-state index contributed by atoms with van der Waals surface area (Å²) in [6, 6.07) is 18.7. The van der Waals surface area contributed by atoms with Gasteiger partial charge in [-0.25, -0.2) is 13.1 Å². The highest BCUT2D eigenvalue weighted by atomic mass is 32.2. The molecule has 33 heavy (non-hydrogen) atoms. The molecule has 1 saturated heterocycles. The zero-order chi connectivity index (χ0) is 23.5. The van der Waals surface area contributed by atoms with Gasteiger partial charge in [0.1, 0.15) is 17.3 Å². The highest BCUT2D eigenvalue weighted by molar-refractivity contribution is 7.94. The van der Waals surface area contributed by atoms with Crippen molar-refractivity contribution in [2.45, 2.75) is 18.8 Å². The Morgan fingerprint density at radius 1 is 1.18 bits per heavy atom. The van der Waals surface area contributed by atoms with Crippen LogP contribution in [0.25, 0.3) is 0 Å². The number of likely N-dealkylation sites (tertiary alicyclic amines) is 1. The lowest BCUT2D eigenvalue weighted by atomic mass is 9.90. The third-order valence-corrected chi connectivity index (χ3v) is 7.03. The molecule has 0 radical (unpaired) electrons. The SMILES string of the molecule is CN=C/C(=C\NC)S(=O)(=O)NCCOc1cccc(C(Cc2ccccc2)CN2CCC2)c1. The molecular weight excluding hydrogens is 436 g/mol. The Hall–Kier alpha value is -2.68. The van der Waals surface area contributed by atoms with Crippen LogP contribution in [0.5, 0.6) is 5.75 Å². The van der Waals surface area contributed by atoms with E-state index in [1.165, 1.54) is 37.0 Å². The van der Waals surface area contributed by atoms with Crippen LogP contribution in [0.3, 0.4) is 0 Å². The predicted octanol–water partition coefficient (Wildman–Crippen LogP) is 2.78. The second kappa shape index (κ2) is 12.5. The molecule has 1 aliphatic rings. The molecule has 3 rings (SSSR count). The molecule has 1 unspecified atom stereocenters. The van der Waals surface area contributed by atoms with E-state index in [0.717, 1.165) is 31.8 Å². The molecule has 1 fully saturated rings. The van der Waals surface area contributed by atoms with Gasteiger partial charge in [0.05, 0.1) is 0 Å². The Balaban J connectivity index is 1.61. The molecule has 0 amide bonds. The molecule has 7 nitrogen and oxygen atoms in total. The molecule has 1 aliphatic heterocycles. The zero-order valence-electron chi connectivity index (χ0n) is 19.4. The van der Waals surface area contributed by atoms with E-state index in [1.807, 2.05) is 18.2 Å². The number of ether oxygens (including phenoxy) is 1. The molecule has 1 atom stereocenters. The number of rotatable bonds is 13. The largest absolute Gasteiger partial charge is 0.492 e. The maximum atomic E-state index is 12.4. The van der Waals surface area contributed by atoms with Crippen LogP contribution in [-0.2, 0) is 16.4 Å². The van der Waals surface area contributed by atoms with Gasteiger partial charge in [-0.05, 0) is 49.2 Å². The number of allylic oxidation sites excluding steroid dienone is 1. The summed E-state index contributed by atoms with van der Waals surface area (Å²) in [5.74, 6) is 1.12. The van der Waals surface area contributed by atoms with E-state index in [0.29, 0.717) is 5.92 Å². The van der Waals surface area contributed by atoms with Gasteiger partial charge < -0.3 is 15.0 Å². The molecule has 0 saturated carbocycles. The van der Waals surface area contributed by atoms with Gasteiger partial charge in [0.15, 0.2) is 0 Å². The molecule has 0 spiro atoms. The van der Waals surface area contributed by atoms with Gasteiger partial charge in [0.2, 0.25) is 10.0 Å². The lowest BCUT2D eigenvalue weighted by Crippen LogP contribution is -2.40. The topological polar surface area (TPSA) is 83.0 Å². The first-order valence-corrected chi connectivity index (χ1v) is 12.8. The average Bonchev–Trinajstić information content (AvgIpc) is 2.79. The van der Waals surface area contributed by atoms with Crippen LogP contribution in [0.4, 0.5) is 0 Å². The smallest absolute Gasteiger partial charge is 0.243 e. The van der Waals surface area contributed by atoms with Gasteiger partial charge in [-0.1, -0.05) is 42.5 Å². The minimum Gasteiger partial charge on any atom is -0.492 e. The van der Waals surface area contributed by atoms with E-state index in [9.17, 15) is 8.42 Å². The van der Waals surface area contributed by atoms with Crippen molar-refractivity contribution in [3.63, 3.8) is 0 Å². The van der Waals surface area contributed by atoms with Crippen LogP contribution in [-0.4, -0.2) is 66.4 Å². The van der Waals surface area contributed by atoms with Gasteiger partial charge in [-0.15, -0.1) is 0 Å². The Labute approximate surface area is 197 Å². The lowest BCUT2D eigenvalue weighted by Gasteiger charge is -2.34. The van der Waals surface area contributed by atoms with Crippen molar-refractivity contribution in [2.24, 2.45) is 4.99 Å². The summed E-state index contributed by atoms with van der Waals surface area (Å²) in [7, 11) is -0.483. The molecule has 178 valence electrons. The summed E-state index contributed by atoms with van der Waals surface area (Å²) in [5.41, 5.74) is 2.56. The van der Waals surface area contributed by atoms with Crippen molar-refractivity contribution in [3.8, 4) is 5.75 Å². The minimum atomic E-state index is -3.65. The van der Waals surface area contributed by atoms with Crippen LogP contribution < -0.4 is 14.8 Å². The molecule has 0 bridgehead atoms. The summed E-state index contributed by atoms with van der Waals surface area (Å²) in [5, 5.41) is 2.72. The van der Waals surface area contributed by atoms with Crippen molar-refractivity contribution in [1.82, 2.24) is 14.9 Å². The fraction of sp³-hybridized carbons (Fsp3) is 0.400. The maximum absolute atomic E-state index is 12.4. The number of nitrogens with one attached hydrogen (secondary N) is 2. The molecule has 2 aromatic carbocycles. The second-order valence-electron chi connectivity index (χ2n) is 8.08. The van der Waals surface area contributed by atoms with Gasteiger partial charge in [0.25, 0.3) is 0 Å². The number of benzene rings is 2. The number of aliphatic imine (C=N–C) groups is 1. The van der Waals surface area contributed by atoms with E-state index in [-0.39, 0.29) is 18.1 Å². The molecule has 2 aromatic rings. The lowest BCUT2D eigenvalue weighted by molar-refractivity contribution is 0.169. The minimum absolute atomic E-state index is 0.0734. The van der Waals surface area contributed by atoms with Crippen molar-refractivity contribution in [1.29, 1.82) is 0 Å². The Morgan fingerprint density at radius 3 is 2.64 bits per heavy atom. The van der Waals surface area contributed by atoms with Crippen molar-refractivity contribution >= 4 is 16.2 Å².